The summed E-state index contributed by atoms with van der Waals surface area (Å²) < 4.78 is 17.8. The molecule has 3 N–H and O–H groups in total. The normalized spacial score (nSPS) is 12.3. The van der Waals surface area contributed by atoms with Gasteiger partial charge in [0.25, 0.3) is 0 Å². The Morgan fingerprint density at radius 2 is 2.00 bits per heavy atom. The van der Waals surface area contributed by atoms with E-state index in [9.17, 15) is 0 Å². The molecule has 2 aromatic carbocycles. The van der Waals surface area contributed by atoms with Crippen molar-refractivity contribution in [1.82, 2.24) is 19.7 Å². The molecular weight excluding hydrogens is 384 g/mol. The smallest absolute Gasteiger partial charge is 0.231 e. The summed E-state index contributed by atoms with van der Waals surface area (Å²) in [5.74, 6) is 3.18. The summed E-state index contributed by atoms with van der Waals surface area (Å²) in [6, 6.07) is 13.5. The molecule has 0 aliphatic carbocycles. The number of nitrogen functional groups attached to an aromatic ring is 1. The third-order valence-electron chi connectivity index (χ3n) is 4.97. The van der Waals surface area contributed by atoms with Gasteiger partial charge in [-0.2, -0.15) is 10.1 Å². The molecule has 0 unspecified atom stereocenters. The molecule has 0 atom stereocenters. The fourth-order valence-corrected chi connectivity index (χ4v) is 3.41. The molecule has 0 radical (unpaired) electrons. The van der Waals surface area contributed by atoms with Crippen LogP contribution in [0.25, 0.3) is 22.3 Å². The Morgan fingerprint density at radius 3 is 2.87 bits per heavy atom. The van der Waals surface area contributed by atoms with Crippen LogP contribution in [0.5, 0.6) is 17.2 Å². The van der Waals surface area contributed by atoms with Crippen molar-refractivity contribution in [2.24, 2.45) is 7.05 Å². The van der Waals surface area contributed by atoms with E-state index in [2.05, 4.69) is 15.4 Å². The fourth-order valence-electron chi connectivity index (χ4n) is 3.41. The standard InChI is InChI=1S/C21H20N6O3/c1-27-19(22)17-18(13-4-3-5-14(9-13)28-2)24-21(25-20(17)26-27)23-10-12-6-7-15-16(8-12)30-11-29-15/h3-9H,10-11,22H2,1-2H3,(H,23,25,26). The van der Waals surface area contributed by atoms with E-state index < -0.39 is 0 Å². The van der Waals surface area contributed by atoms with E-state index in [0.29, 0.717) is 35.0 Å². The van der Waals surface area contributed by atoms with Crippen molar-refractivity contribution >= 4 is 22.8 Å². The van der Waals surface area contributed by atoms with Crippen molar-refractivity contribution in [3.63, 3.8) is 0 Å². The van der Waals surface area contributed by atoms with Crippen molar-refractivity contribution < 1.29 is 14.2 Å². The van der Waals surface area contributed by atoms with E-state index in [0.717, 1.165) is 28.4 Å². The third-order valence-corrected chi connectivity index (χ3v) is 4.97. The van der Waals surface area contributed by atoms with Crippen LogP contribution in [0.4, 0.5) is 11.8 Å². The number of nitrogens with two attached hydrogens (primary N) is 1. The zero-order valence-electron chi connectivity index (χ0n) is 16.5. The molecule has 1 aliphatic rings. The molecule has 0 amide bonds. The predicted octanol–water partition coefficient (Wildman–Crippen LogP) is 2.96. The highest BCUT2D eigenvalue weighted by Crippen LogP contribution is 2.34. The lowest BCUT2D eigenvalue weighted by Gasteiger charge is -2.10. The summed E-state index contributed by atoms with van der Waals surface area (Å²) in [5.41, 5.74) is 9.36. The molecule has 3 heterocycles. The van der Waals surface area contributed by atoms with Crippen molar-refractivity contribution in [2.75, 3.05) is 25.0 Å². The molecule has 0 saturated heterocycles. The van der Waals surface area contributed by atoms with Crippen molar-refractivity contribution in [3.05, 3.63) is 48.0 Å². The molecule has 0 bridgehead atoms. The Labute approximate surface area is 172 Å². The first-order valence-corrected chi connectivity index (χ1v) is 9.39. The lowest BCUT2D eigenvalue weighted by Crippen LogP contribution is -2.05. The van der Waals surface area contributed by atoms with Gasteiger partial charge >= 0.3 is 0 Å². The number of aryl methyl sites for hydroxylation is 1. The number of nitrogens with zero attached hydrogens (tertiary/aromatic N) is 4. The lowest BCUT2D eigenvalue weighted by molar-refractivity contribution is 0.174. The molecule has 2 aromatic heterocycles. The molecule has 9 heteroatoms. The van der Waals surface area contributed by atoms with Crippen LogP contribution < -0.4 is 25.3 Å². The van der Waals surface area contributed by atoms with Crippen molar-refractivity contribution in [3.8, 4) is 28.5 Å². The number of benzene rings is 2. The largest absolute Gasteiger partial charge is 0.497 e. The van der Waals surface area contributed by atoms with Crippen LogP contribution >= 0.6 is 0 Å². The Hall–Kier alpha value is -4.01. The first-order chi connectivity index (χ1) is 14.6. The minimum absolute atomic E-state index is 0.247. The van der Waals surface area contributed by atoms with Gasteiger partial charge in [0.15, 0.2) is 17.1 Å². The second-order valence-electron chi connectivity index (χ2n) is 6.88. The molecule has 0 spiro atoms. The Balaban J connectivity index is 1.53. The zero-order valence-corrected chi connectivity index (χ0v) is 16.5. The topological polar surface area (TPSA) is 109 Å². The van der Waals surface area contributed by atoms with Gasteiger partial charge in [-0.3, -0.25) is 4.68 Å². The molecule has 9 nitrogen and oxygen atoms in total. The first-order valence-electron chi connectivity index (χ1n) is 9.39. The maximum Gasteiger partial charge on any atom is 0.231 e. The van der Waals surface area contributed by atoms with Gasteiger partial charge in [0.1, 0.15) is 11.6 Å². The summed E-state index contributed by atoms with van der Waals surface area (Å²) in [6.45, 7) is 0.763. The zero-order chi connectivity index (χ0) is 20.7. The Morgan fingerprint density at radius 1 is 1.13 bits per heavy atom. The van der Waals surface area contributed by atoms with E-state index in [-0.39, 0.29) is 6.79 Å². The second kappa shape index (κ2) is 7.11. The number of rotatable bonds is 5. The monoisotopic (exact) mass is 404 g/mol. The van der Waals surface area contributed by atoms with E-state index in [1.165, 1.54) is 0 Å². The van der Waals surface area contributed by atoms with Crippen molar-refractivity contribution in [2.45, 2.75) is 6.54 Å². The number of hydrogen-bond acceptors (Lipinski definition) is 8. The van der Waals surface area contributed by atoms with Gasteiger partial charge in [-0.15, -0.1) is 0 Å². The van der Waals surface area contributed by atoms with Crippen molar-refractivity contribution in [1.29, 1.82) is 0 Å². The van der Waals surface area contributed by atoms with Gasteiger partial charge < -0.3 is 25.3 Å². The van der Waals surface area contributed by atoms with Crippen LogP contribution in [0.15, 0.2) is 42.5 Å². The molecular formula is C21H20N6O3. The molecule has 0 fully saturated rings. The van der Waals surface area contributed by atoms with Crippen LogP contribution in [0, 0.1) is 0 Å². The molecule has 152 valence electrons. The second-order valence-corrected chi connectivity index (χ2v) is 6.88. The number of fused-ring (bicyclic) bond motifs is 2. The highest BCUT2D eigenvalue weighted by molar-refractivity contribution is 5.99. The van der Waals surface area contributed by atoms with Gasteiger partial charge in [-0.05, 0) is 29.8 Å². The van der Waals surface area contributed by atoms with Crippen LogP contribution in [0.2, 0.25) is 0 Å². The SMILES string of the molecule is COc1cccc(-c2nc(NCc3ccc4c(c3)OCO4)nc3nn(C)c(N)c23)c1. The van der Waals surface area contributed by atoms with Crippen LogP contribution in [0.3, 0.4) is 0 Å². The number of ether oxygens (including phenoxy) is 3. The quantitative estimate of drug-likeness (QED) is 0.523. The highest BCUT2D eigenvalue weighted by atomic mass is 16.7. The van der Waals surface area contributed by atoms with Crippen LogP contribution in [0.1, 0.15) is 5.56 Å². The van der Waals surface area contributed by atoms with E-state index in [1.807, 2.05) is 42.5 Å². The van der Waals surface area contributed by atoms with E-state index in [1.54, 1.807) is 18.8 Å². The number of nitrogens with one attached hydrogen (secondary N) is 1. The fraction of sp³-hybridized carbons (Fsp3) is 0.190. The molecule has 1 aliphatic heterocycles. The molecule has 0 saturated carbocycles. The van der Waals surface area contributed by atoms with E-state index in [4.69, 9.17) is 24.9 Å². The van der Waals surface area contributed by atoms with Gasteiger partial charge in [0.05, 0.1) is 18.2 Å². The molecule has 4 aromatic rings. The summed E-state index contributed by atoms with van der Waals surface area (Å²) >= 11 is 0. The van der Waals surface area contributed by atoms with Gasteiger partial charge in [-0.1, -0.05) is 18.2 Å². The summed E-state index contributed by atoms with van der Waals surface area (Å²) in [7, 11) is 3.41. The number of anilines is 2. The lowest BCUT2D eigenvalue weighted by atomic mass is 10.1. The number of methoxy groups -OCH3 is 1. The maximum atomic E-state index is 6.26. The minimum atomic E-state index is 0.247. The highest BCUT2D eigenvalue weighted by Gasteiger charge is 2.18. The molecule has 30 heavy (non-hydrogen) atoms. The predicted molar refractivity (Wildman–Crippen MR) is 113 cm³/mol. The maximum absolute atomic E-state index is 6.26. The van der Waals surface area contributed by atoms with E-state index >= 15 is 0 Å². The average Bonchev–Trinajstić information content (AvgIpc) is 3.35. The third kappa shape index (κ3) is 3.10. The van der Waals surface area contributed by atoms with Crippen LogP contribution in [-0.4, -0.2) is 33.7 Å². The number of hydrogen-bond donors (Lipinski definition) is 2. The van der Waals surface area contributed by atoms with Gasteiger partial charge in [-0.25, -0.2) is 4.98 Å². The first kappa shape index (κ1) is 18.0. The van der Waals surface area contributed by atoms with Crippen LogP contribution in [-0.2, 0) is 13.6 Å². The Kier molecular flexibility index (Phi) is 4.27. The number of aromatic nitrogens is 4. The summed E-state index contributed by atoms with van der Waals surface area (Å²) in [4.78, 5) is 9.29. The minimum Gasteiger partial charge on any atom is -0.497 e. The Bertz CT molecular complexity index is 1250. The summed E-state index contributed by atoms with van der Waals surface area (Å²) in [6.07, 6.45) is 0. The summed E-state index contributed by atoms with van der Waals surface area (Å²) in [5, 5.41) is 8.42. The molecule has 5 rings (SSSR count). The van der Waals surface area contributed by atoms with Gasteiger partial charge in [0.2, 0.25) is 12.7 Å². The average molecular weight is 404 g/mol. The van der Waals surface area contributed by atoms with Gasteiger partial charge in [0, 0.05) is 19.2 Å².